The highest BCUT2D eigenvalue weighted by Crippen LogP contribution is 2.51. The number of amides is 1. The number of benzene rings is 1. The largest absolute Gasteiger partial charge is 0.477 e. The van der Waals surface area contributed by atoms with Crippen LogP contribution < -0.4 is 5.32 Å². The zero-order chi connectivity index (χ0) is 17.6. The quantitative estimate of drug-likeness (QED) is 0.401. The van der Waals surface area contributed by atoms with Gasteiger partial charge in [0.05, 0.1) is 0 Å². The summed E-state index contributed by atoms with van der Waals surface area (Å²) in [4.78, 5) is 24.5. The van der Waals surface area contributed by atoms with E-state index in [9.17, 15) is 14.7 Å². The molecular weight excluding hydrogens is 322 g/mol. The molecule has 1 aromatic carbocycles. The van der Waals surface area contributed by atoms with Gasteiger partial charge in [0.1, 0.15) is 5.70 Å². The first-order valence-electron chi connectivity index (χ1n) is 8.32. The number of allylic oxidation sites excluding steroid dienone is 1. The molecule has 0 bridgehead atoms. The molecule has 0 radical (unpaired) electrons. The van der Waals surface area contributed by atoms with Gasteiger partial charge in [-0.1, -0.05) is 38.1 Å². The molecule has 0 heterocycles. The van der Waals surface area contributed by atoms with Gasteiger partial charge in [0.25, 0.3) is 0 Å². The summed E-state index contributed by atoms with van der Waals surface area (Å²) < 4.78 is 0. The lowest BCUT2D eigenvalue weighted by Gasteiger charge is -2.07. The predicted octanol–water partition coefficient (Wildman–Crippen LogP) is 4.08. The molecule has 1 aliphatic carbocycles. The van der Waals surface area contributed by atoms with Gasteiger partial charge in [-0.2, -0.15) is 0 Å². The predicted molar refractivity (Wildman–Crippen MR) is 96.8 cm³/mol. The molecule has 1 atom stereocenters. The minimum Gasteiger partial charge on any atom is -0.477 e. The number of carboxylic acids is 1. The first-order chi connectivity index (χ1) is 11.4. The van der Waals surface area contributed by atoms with Crippen LogP contribution in [0.3, 0.4) is 0 Å². The molecular formula is C19H25NO3S. The van der Waals surface area contributed by atoms with Crippen LogP contribution in [0.1, 0.15) is 39.5 Å². The van der Waals surface area contributed by atoms with E-state index in [1.807, 2.05) is 32.0 Å². The average Bonchev–Trinajstić information content (AvgIpc) is 3.19. The third kappa shape index (κ3) is 5.71. The third-order valence-electron chi connectivity index (χ3n) is 4.28. The normalized spacial score (nSPS) is 18.9. The molecule has 1 amide bonds. The number of unbranched alkanes of at least 4 members (excludes halogenated alkanes) is 2. The lowest BCUT2D eigenvalue weighted by Crippen LogP contribution is -2.29. The van der Waals surface area contributed by atoms with Crippen LogP contribution in [-0.4, -0.2) is 22.7 Å². The summed E-state index contributed by atoms with van der Waals surface area (Å²) in [7, 11) is 0. The van der Waals surface area contributed by atoms with E-state index in [2.05, 4.69) is 17.4 Å². The van der Waals surface area contributed by atoms with Gasteiger partial charge in [-0.15, -0.1) is 11.8 Å². The number of aliphatic carboxylic acids is 1. The molecule has 2 N–H and O–H groups in total. The Kier molecular flexibility index (Phi) is 6.49. The lowest BCUT2D eigenvalue weighted by molar-refractivity contribution is -0.135. The number of hydrogen-bond donors (Lipinski definition) is 2. The second-order valence-corrected chi connectivity index (χ2v) is 7.98. The first-order valence-corrected chi connectivity index (χ1v) is 9.31. The van der Waals surface area contributed by atoms with E-state index in [-0.39, 0.29) is 22.9 Å². The summed E-state index contributed by atoms with van der Waals surface area (Å²) in [5, 5.41) is 11.8. The van der Waals surface area contributed by atoms with Crippen molar-refractivity contribution in [3.8, 4) is 0 Å². The van der Waals surface area contributed by atoms with Crippen molar-refractivity contribution in [3.05, 3.63) is 42.1 Å². The maximum absolute atomic E-state index is 12.0. The zero-order valence-corrected chi connectivity index (χ0v) is 15.1. The molecule has 1 saturated carbocycles. The fourth-order valence-electron chi connectivity index (χ4n) is 2.53. The van der Waals surface area contributed by atoms with Crippen LogP contribution in [0.5, 0.6) is 0 Å². The lowest BCUT2D eigenvalue weighted by atomic mass is 10.1. The summed E-state index contributed by atoms with van der Waals surface area (Å²) in [6.07, 6.45) is 5.02. The van der Waals surface area contributed by atoms with Crippen molar-refractivity contribution in [1.29, 1.82) is 0 Å². The maximum Gasteiger partial charge on any atom is 0.352 e. The van der Waals surface area contributed by atoms with E-state index in [1.54, 1.807) is 17.8 Å². The Morgan fingerprint density at radius 3 is 2.54 bits per heavy atom. The van der Waals surface area contributed by atoms with E-state index < -0.39 is 5.97 Å². The standard InChI is InChI=1S/C19H25NO3S/c1-19(2)13-15(19)17(21)20-16(18(22)23)11-7-4-8-12-24-14-9-5-3-6-10-14/h3,5-6,9-11,15H,4,7-8,12-13H2,1-2H3,(H,20,21)(H,22,23)/b16-11-. The van der Waals surface area contributed by atoms with E-state index in [4.69, 9.17) is 0 Å². The van der Waals surface area contributed by atoms with Crippen LogP contribution in [-0.2, 0) is 9.59 Å². The molecule has 1 fully saturated rings. The number of hydrogen-bond acceptors (Lipinski definition) is 3. The summed E-state index contributed by atoms with van der Waals surface area (Å²) in [5.74, 6) is -0.306. The monoisotopic (exact) mass is 347 g/mol. The second kappa shape index (κ2) is 8.38. The fraction of sp³-hybridized carbons (Fsp3) is 0.474. The number of rotatable bonds is 9. The van der Waals surface area contributed by atoms with Gasteiger partial charge in [-0.05, 0) is 49.0 Å². The van der Waals surface area contributed by atoms with E-state index >= 15 is 0 Å². The summed E-state index contributed by atoms with van der Waals surface area (Å²) >= 11 is 1.80. The highest BCUT2D eigenvalue weighted by molar-refractivity contribution is 7.99. The molecule has 24 heavy (non-hydrogen) atoms. The van der Waals surface area contributed by atoms with Gasteiger partial charge >= 0.3 is 5.97 Å². The Balaban J connectivity index is 1.69. The van der Waals surface area contributed by atoms with Crippen LogP contribution in [0.2, 0.25) is 0 Å². The van der Waals surface area contributed by atoms with Gasteiger partial charge in [-0.25, -0.2) is 4.79 Å². The highest BCUT2D eigenvalue weighted by atomic mass is 32.2. The van der Waals surface area contributed by atoms with E-state index in [0.29, 0.717) is 6.42 Å². The Morgan fingerprint density at radius 1 is 1.29 bits per heavy atom. The molecule has 0 aliphatic heterocycles. The molecule has 1 unspecified atom stereocenters. The first kappa shape index (κ1) is 18.6. The van der Waals surface area contributed by atoms with Crippen LogP contribution in [0.25, 0.3) is 0 Å². The second-order valence-electron chi connectivity index (χ2n) is 6.81. The van der Waals surface area contributed by atoms with E-state index in [0.717, 1.165) is 25.0 Å². The molecule has 1 aromatic rings. The molecule has 0 saturated heterocycles. The van der Waals surface area contributed by atoms with Crippen molar-refractivity contribution < 1.29 is 14.7 Å². The fourth-order valence-corrected chi connectivity index (χ4v) is 3.46. The molecule has 2 rings (SSSR count). The Labute approximate surface area is 147 Å². The zero-order valence-electron chi connectivity index (χ0n) is 14.2. The summed E-state index contributed by atoms with van der Waals surface area (Å²) in [6.45, 7) is 4.04. The topological polar surface area (TPSA) is 66.4 Å². The van der Waals surface area contributed by atoms with Crippen molar-refractivity contribution in [2.24, 2.45) is 11.3 Å². The minimum atomic E-state index is -1.07. The molecule has 0 spiro atoms. The SMILES string of the molecule is CC1(C)CC1C(=O)N/C(=C\CCCCSc1ccccc1)C(=O)O. The Morgan fingerprint density at radius 2 is 1.96 bits per heavy atom. The number of carboxylic acid groups (broad SMARTS) is 1. The molecule has 4 nitrogen and oxygen atoms in total. The third-order valence-corrected chi connectivity index (χ3v) is 5.38. The van der Waals surface area contributed by atoms with Crippen LogP contribution in [0.4, 0.5) is 0 Å². The van der Waals surface area contributed by atoms with Gasteiger partial charge in [0.2, 0.25) is 5.91 Å². The van der Waals surface area contributed by atoms with Crippen molar-refractivity contribution in [1.82, 2.24) is 5.32 Å². The van der Waals surface area contributed by atoms with Gasteiger partial charge < -0.3 is 10.4 Å². The number of carbonyl (C=O) groups is 2. The van der Waals surface area contributed by atoms with E-state index in [1.165, 1.54) is 4.90 Å². The summed E-state index contributed by atoms with van der Waals surface area (Å²) in [5.41, 5.74) is 0.0148. The molecule has 0 aromatic heterocycles. The molecule has 130 valence electrons. The average molecular weight is 347 g/mol. The highest BCUT2D eigenvalue weighted by Gasteiger charge is 2.50. The maximum atomic E-state index is 12.0. The van der Waals surface area contributed by atoms with Gasteiger partial charge in [0.15, 0.2) is 0 Å². The Hall–Kier alpha value is -1.75. The number of thioether (sulfide) groups is 1. The molecule has 5 heteroatoms. The van der Waals surface area contributed by atoms with Gasteiger partial charge in [0, 0.05) is 10.8 Å². The van der Waals surface area contributed by atoms with Crippen molar-refractivity contribution in [2.45, 2.75) is 44.4 Å². The van der Waals surface area contributed by atoms with Crippen molar-refractivity contribution in [2.75, 3.05) is 5.75 Å². The number of carbonyl (C=O) groups excluding carboxylic acids is 1. The smallest absolute Gasteiger partial charge is 0.352 e. The van der Waals surface area contributed by atoms with Crippen LogP contribution >= 0.6 is 11.8 Å². The van der Waals surface area contributed by atoms with Gasteiger partial charge in [-0.3, -0.25) is 4.79 Å². The van der Waals surface area contributed by atoms with Crippen LogP contribution in [0, 0.1) is 11.3 Å². The van der Waals surface area contributed by atoms with Crippen molar-refractivity contribution in [3.63, 3.8) is 0 Å². The van der Waals surface area contributed by atoms with Crippen molar-refractivity contribution >= 4 is 23.6 Å². The summed E-state index contributed by atoms with van der Waals surface area (Å²) in [6, 6.07) is 10.2. The Bertz CT molecular complexity index is 610. The minimum absolute atomic E-state index is 0.00234. The van der Waals surface area contributed by atoms with Crippen LogP contribution in [0.15, 0.2) is 47.0 Å². The number of nitrogens with one attached hydrogen (secondary N) is 1. The molecule has 1 aliphatic rings.